The van der Waals surface area contributed by atoms with E-state index in [0.29, 0.717) is 26.0 Å². The average Bonchev–Trinajstić information content (AvgIpc) is 2.35. The lowest BCUT2D eigenvalue weighted by molar-refractivity contribution is -0.132. The number of ether oxygens (including phenoxy) is 1. The number of hydrogen-bond acceptors (Lipinski definition) is 3. The zero-order valence-corrected chi connectivity index (χ0v) is 12.8. The maximum Gasteiger partial charge on any atom is 0.222 e. The van der Waals surface area contributed by atoms with Gasteiger partial charge in [-0.25, -0.2) is 0 Å². The number of para-hydroxylation sites is 1. The Morgan fingerprint density at radius 2 is 2.00 bits per heavy atom. The van der Waals surface area contributed by atoms with Crippen LogP contribution in [0, 0.1) is 0 Å². The summed E-state index contributed by atoms with van der Waals surface area (Å²) in [6.45, 7) is 6.28. The van der Waals surface area contributed by atoms with Gasteiger partial charge in [0.15, 0.2) is 0 Å². The lowest BCUT2D eigenvalue weighted by Crippen LogP contribution is -2.39. The summed E-state index contributed by atoms with van der Waals surface area (Å²) in [6.07, 6.45) is 1.06. The molecule has 112 valence electrons. The topological polar surface area (TPSA) is 49.8 Å². The summed E-state index contributed by atoms with van der Waals surface area (Å²) in [5.74, 6) is 0.867. The molecule has 0 unspecified atom stereocenters. The summed E-state index contributed by atoms with van der Waals surface area (Å²) >= 11 is 0. The van der Waals surface area contributed by atoms with Gasteiger partial charge in [0.05, 0.1) is 12.2 Å². The molecule has 0 saturated carbocycles. The molecule has 1 aromatic rings. The SMILES string of the molecule is CCOc1ccccc1CCC(=O)N(C)CC(C)(C)O. The van der Waals surface area contributed by atoms with Gasteiger partial charge in [-0.15, -0.1) is 0 Å². The number of rotatable bonds is 7. The highest BCUT2D eigenvalue weighted by atomic mass is 16.5. The molecule has 1 rings (SSSR count). The molecular weight excluding hydrogens is 254 g/mol. The number of aliphatic hydroxyl groups is 1. The monoisotopic (exact) mass is 279 g/mol. The molecule has 4 heteroatoms. The molecule has 4 nitrogen and oxygen atoms in total. The standard InChI is InChI=1S/C16H25NO3/c1-5-20-14-9-7-6-8-13(14)10-11-15(18)17(4)12-16(2,3)19/h6-9,19H,5,10-12H2,1-4H3. The summed E-state index contributed by atoms with van der Waals surface area (Å²) in [6, 6.07) is 7.78. The van der Waals surface area contributed by atoms with Crippen LogP contribution in [-0.4, -0.2) is 41.7 Å². The van der Waals surface area contributed by atoms with Gasteiger partial charge in [0.2, 0.25) is 5.91 Å². The normalized spacial score (nSPS) is 11.2. The summed E-state index contributed by atoms with van der Waals surface area (Å²) in [4.78, 5) is 13.6. The van der Waals surface area contributed by atoms with Crippen molar-refractivity contribution >= 4 is 5.91 Å². The second-order valence-electron chi connectivity index (χ2n) is 5.60. The van der Waals surface area contributed by atoms with E-state index in [-0.39, 0.29) is 5.91 Å². The Labute approximate surface area is 121 Å². The van der Waals surface area contributed by atoms with Gasteiger partial charge in [0, 0.05) is 20.0 Å². The highest BCUT2D eigenvalue weighted by Crippen LogP contribution is 2.20. The summed E-state index contributed by atoms with van der Waals surface area (Å²) in [7, 11) is 1.72. The maximum atomic E-state index is 12.0. The third kappa shape index (κ3) is 5.61. The number of hydrogen-bond donors (Lipinski definition) is 1. The van der Waals surface area contributed by atoms with Crippen molar-refractivity contribution in [2.75, 3.05) is 20.2 Å². The van der Waals surface area contributed by atoms with E-state index < -0.39 is 5.60 Å². The van der Waals surface area contributed by atoms with Crippen LogP contribution in [0.5, 0.6) is 5.75 Å². The van der Waals surface area contributed by atoms with Crippen molar-refractivity contribution in [2.45, 2.75) is 39.2 Å². The van der Waals surface area contributed by atoms with E-state index in [1.807, 2.05) is 31.2 Å². The van der Waals surface area contributed by atoms with E-state index in [1.165, 1.54) is 0 Å². The van der Waals surface area contributed by atoms with Gasteiger partial charge in [-0.3, -0.25) is 4.79 Å². The highest BCUT2D eigenvalue weighted by Gasteiger charge is 2.19. The molecule has 0 aliphatic heterocycles. The summed E-state index contributed by atoms with van der Waals surface area (Å²) in [5.41, 5.74) is 0.174. The van der Waals surface area contributed by atoms with Crippen molar-refractivity contribution < 1.29 is 14.6 Å². The van der Waals surface area contributed by atoms with Gasteiger partial charge in [-0.05, 0) is 38.8 Å². The molecule has 0 aromatic heterocycles. The molecular formula is C16H25NO3. The van der Waals surface area contributed by atoms with Crippen LogP contribution in [0.15, 0.2) is 24.3 Å². The Hall–Kier alpha value is -1.55. The van der Waals surface area contributed by atoms with Gasteiger partial charge in [-0.2, -0.15) is 0 Å². The Bertz CT molecular complexity index is 438. The molecule has 20 heavy (non-hydrogen) atoms. The van der Waals surface area contributed by atoms with Crippen molar-refractivity contribution in [3.05, 3.63) is 29.8 Å². The fraction of sp³-hybridized carbons (Fsp3) is 0.562. The molecule has 0 fully saturated rings. The van der Waals surface area contributed by atoms with Gasteiger partial charge >= 0.3 is 0 Å². The van der Waals surface area contributed by atoms with E-state index in [4.69, 9.17) is 4.74 Å². The second-order valence-corrected chi connectivity index (χ2v) is 5.60. The molecule has 1 amide bonds. The minimum absolute atomic E-state index is 0.0263. The molecule has 1 N–H and O–H groups in total. The van der Waals surface area contributed by atoms with Gasteiger partial charge in [0.25, 0.3) is 0 Å². The van der Waals surface area contributed by atoms with Crippen LogP contribution in [0.2, 0.25) is 0 Å². The van der Waals surface area contributed by atoms with Crippen LogP contribution in [0.3, 0.4) is 0 Å². The number of aryl methyl sites for hydroxylation is 1. The highest BCUT2D eigenvalue weighted by molar-refractivity contribution is 5.76. The van der Waals surface area contributed by atoms with Gasteiger partial charge in [0.1, 0.15) is 5.75 Å². The smallest absolute Gasteiger partial charge is 0.222 e. The predicted molar refractivity (Wildman–Crippen MR) is 79.9 cm³/mol. The molecule has 1 aromatic carbocycles. The van der Waals surface area contributed by atoms with Crippen LogP contribution in [0.1, 0.15) is 32.8 Å². The summed E-state index contributed by atoms with van der Waals surface area (Å²) < 4.78 is 5.55. The molecule has 0 aliphatic carbocycles. The molecule has 0 saturated heterocycles. The number of carbonyl (C=O) groups is 1. The number of carbonyl (C=O) groups excluding carboxylic acids is 1. The van der Waals surface area contributed by atoms with Crippen molar-refractivity contribution in [1.82, 2.24) is 4.90 Å². The van der Waals surface area contributed by atoms with Crippen LogP contribution in [0.4, 0.5) is 0 Å². The van der Waals surface area contributed by atoms with Crippen LogP contribution in [-0.2, 0) is 11.2 Å². The zero-order chi connectivity index (χ0) is 15.2. The fourth-order valence-corrected chi connectivity index (χ4v) is 2.11. The van der Waals surface area contributed by atoms with E-state index in [1.54, 1.807) is 25.8 Å². The largest absolute Gasteiger partial charge is 0.494 e. The van der Waals surface area contributed by atoms with Crippen molar-refractivity contribution in [3.63, 3.8) is 0 Å². The van der Waals surface area contributed by atoms with Crippen LogP contribution in [0.25, 0.3) is 0 Å². The molecule has 0 aliphatic rings. The Morgan fingerprint density at radius 1 is 1.35 bits per heavy atom. The molecule has 0 heterocycles. The minimum Gasteiger partial charge on any atom is -0.494 e. The first kappa shape index (κ1) is 16.5. The fourth-order valence-electron chi connectivity index (χ4n) is 2.11. The van der Waals surface area contributed by atoms with Crippen molar-refractivity contribution in [2.24, 2.45) is 0 Å². The third-order valence-corrected chi connectivity index (χ3v) is 2.93. The molecule has 0 radical (unpaired) electrons. The van der Waals surface area contributed by atoms with E-state index in [0.717, 1.165) is 11.3 Å². The molecule has 0 spiro atoms. The second kappa shape index (κ2) is 7.29. The Balaban J connectivity index is 2.56. The average molecular weight is 279 g/mol. The first-order valence-corrected chi connectivity index (χ1v) is 7.00. The van der Waals surface area contributed by atoms with E-state index in [9.17, 15) is 9.90 Å². The molecule has 0 bridgehead atoms. The Kier molecular flexibility index (Phi) is 6.02. The van der Waals surface area contributed by atoms with Crippen molar-refractivity contribution in [3.8, 4) is 5.75 Å². The van der Waals surface area contributed by atoms with Crippen LogP contribution < -0.4 is 4.74 Å². The van der Waals surface area contributed by atoms with Crippen molar-refractivity contribution in [1.29, 1.82) is 0 Å². The third-order valence-electron chi connectivity index (χ3n) is 2.93. The number of likely N-dealkylation sites (N-methyl/N-ethyl adjacent to an activating group) is 1. The first-order chi connectivity index (χ1) is 9.33. The predicted octanol–water partition coefficient (Wildman–Crippen LogP) is 2.25. The lowest BCUT2D eigenvalue weighted by atomic mass is 10.1. The van der Waals surface area contributed by atoms with Gasteiger partial charge < -0.3 is 14.7 Å². The first-order valence-electron chi connectivity index (χ1n) is 7.00. The quantitative estimate of drug-likeness (QED) is 0.833. The summed E-state index contributed by atoms with van der Waals surface area (Å²) in [5, 5.41) is 9.72. The Morgan fingerprint density at radius 3 is 2.60 bits per heavy atom. The molecule has 0 atom stereocenters. The van der Waals surface area contributed by atoms with E-state index >= 15 is 0 Å². The lowest BCUT2D eigenvalue weighted by Gasteiger charge is -2.25. The van der Waals surface area contributed by atoms with Crippen LogP contribution >= 0.6 is 0 Å². The minimum atomic E-state index is -0.867. The maximum absolute atomic E-state index is 12.0. The number of nitrogens with zero attached hydrogens (tertiary/aromatic N) is 1. The van der Waals surface area contributed by atoms with Gasteiger partial charge in [-0.1, -0.05) is 18.2 Å². The number of amides is 1. The van der Waals surface area contributed by atoms with E-state index in [2.05, 4.69) is 0 Å². The number of benzene rings is 1. The zero-order valence-electron chi connectivity index (χ0n) is 12.8.